The molecule has 5 heavy (non-hydrogen) atoms. The quantitative estimate of drug-likeness (QED) is 0.472. The van der Waals surface area contributed by atoms with Crippen LogP contribution in [0.4, 0.5) is 4.70 Å². The summed E-state index contributed by atoms with van der Waals surface area (Å²) < 4.78 is 0. The molecule has 0 aromatic rings. The Balaban J connectivity index is 0. The average molecular weight is 101 g/mol. The summed E-state index contributed by atoms with van der Waals surface area (Å²) in [6.45, 7) is 0.0849. The lowest BCUT2D eigenvalue weighted by molar-refractivity contribution is 0.321. The van der Waals surface area contributed by atoms with Crippen LogP contribution in [0.1, 0.15) is 0 Å². The summed E-state index contributed by atoms with van der Waals surface area (Å²) in [5, 5.41) is 7.74. The summed E-state index contributed by atoms with van der Waals surface area (Å²) in [7, 11) is 0. The lowest BCUT2D eigenvalue weighted by Crippen LogP contribution is -1.76. The molecule has 0 aliphatic rings. The van der Waals surface area contributed by atoms with Crippen LogP contribution in [0.2, 0.25) is 0 Å². The number of aliphatic hydroxyl groups excluding tert-OH is 1. The van der Waals surface area contributed by atoms with Gasteiger partial charge in [-0.3, -0.25) is 4.70 Å². The van der Waals surface area contributed by atoms with Crippen molar-refractivity contribution in [2.45, 2.75) is 0 Å². The number of hydrogen-bond donors (Lipinski definition) is 1. The van der Waals surface area contributed by atoms with Crippen LogP contribution in [-0.2, 0) is 0 Å². The highest BCUT2D eigenvalue weighted by Crippen LogP contribution is 1.63. The molecular formula is C2H6ClFO. The Labute approximate surface area is 34.9 Å². The number of aliphatic hydroxyl groups is 1. The first kappa shape index (κ1) is 8.95. The van der Waals surface area contributed by atoms with E-state index in [-0.39, 0.29) is 11.3 Å². The van der Waals surface area contributed by atoms with Crippen molar-refractivity contribution in [1.29, 1.82) is 0 Å². The van der Waals surface area contributed by atoms with Gasteiger partial charge in [-0.2, -0.15) is 0 Å². The summed E-state index contributed by atoms with van der Waals surface area (Å²) >= 11 is 4.94. The molecule has 0 fully saturated rings. The van der Waals surface area contributed by atoms with Crippen molar-refractivity contribution in [3.63, 3.8) is 0 Å². The van der Waals surface area contributed by atoms with Crippen molar-refractivity contribution in [3.8, 4) is 0 Å². The lowest BCUT2D eigenvalue weighted by Gasteiger charge is -1.67. The van der Waals surface area contributed by atoms with Gasteiger partial charge in [-0.1, -0.05) is 0 Å². The Kier molecular flexibility index (Phi) is 15.9. The molecule has 34 valence electrons. The minimum atomic E-state index is 0. The maximum Gasteiger partial charge on any atom is 0.0566 e. The first-order valence-electron chi connectivity index (χ1n) is 1.08. The van der Waals surface area contributed by atoms with Gasteiger partial charge in [0.1, 0.15) is 0 Å². The molecule has 0 saturated heterocycles. The first-order chi connectivity index (χ1) is 1.91. The predicted molar refractivity (Wildman–Crippen MR) is 20.3 cm³/mol. The highest BCUT2D eigenvalue weighted by molar-refractivity contribution is 6.17. The number of hydrogen-bond acceptors (Lipinski definition) is 1. The maximum absolute atomic E-state index is 7.74. The fourth-order valence-corrected chi connectivity index (χ4v) is 0. The predicted octanol–water partition coefficient (Wildman–Crippen LogP) is 0.370. The summed E-state index contributed by atoms with van der Waals surface area (Å²) in [4.78, 5) is 0. The van der Waals surface area contributed by atoms with Gasteiger partial charge in [0, 0.05) is 5.88 Å². The Morgan fingerprint density at radius 1 is 1.60 bits per heavy atom. The minimum Gasteiger partial charge on any atom is -0.395 e. The van der Waals surface area contributed by atoms with Crippen LogP contribution >= 0.6 is 11.6 Å². The van der Waals surface area contributed by atoms with Gasteiger partial charge in [0.15, 0.2) is 0 Å². The molecule has 0 aromatic carbocycles. The Morgan fingerprint density at radius 2 is 1.80 bits per heavy atom. The third kappa shape index (κ3) is 14.3. The zero-order valence-electron chi connectivity index (χ0n) is 2.65. The Bertz CT molecular complexity index is 11.6. The highest BCUT2D eigenvalue weighted by Gasteiger charge is 1.60. The van der Waals surface area contributed by atoms with E-state index in [1.807, 2.05) is 0 Å². The van der Waals surface area contributed by atoms with Gasteiger partial charge < -0.3 is 5.11 Å². The largest absolute Gasteiger partial charge is 0.395 e. The van der Waals surface area contributed by atoms with Gasteiger partial charge in [0.25, 0.3) is 0 Å². The van der Waals surface area contributed by atoms with Crippen LogP contribution in [0.5, 0.6) is 0 Å². The number of alkyl halides is 1. The molecule has 0 aliphatic carbocycles. The van der Waals surface area contributed by atoms with Gasteiger partial charge in [-0.15, -0.1) is 11.6 Å². The third-order valence-electron chi connectivity index (χ3n) is 0.0845. The summed E-state index contributed by atoms with van der Waals surface area (Å²) in [6, 6.07) is 0. The normalized spacial score (nSPS) is 6.00. The van der Waals surface area contributed by atoms with E-state index < -0.39 is 0 Å². The lowest BCUT2D eigenvalue weighted by atomic mass is 10.9. The van der Waals surface area contributed by atoms with E-state index in [1.165, 1.54) is 0 Å². The molecule has 0 atom stereocenters. The molecule has 0 aliphatic heterocycles. The van der Waals surface area contributed by atoms with E-state index in [1.54, 1.807) is 0 Å². The fraction of sp³-hybridized carbons (Fsp3) is 1.00. The Hall–Kier alpha value is 0.180. The summed E-state index contributed by atoms with van der Waals surface area (Å²) in [5.41, 5.74) is 0. The molecular weight excluding hydrogens is 94.5 g/mol. The zero-order valence-corrected chi connectivity index (χ0v) is 3.40. The second kappa shape index (κ2) is 8.89. The van der Waals surface area contributed by atoms with Crippen LogP contribution in [-0.4, -0.2) is 17.6 Å². The van der Waals surface area contributed by atoms with Crippen molar-refractivity contribution < 1.29 is 9.81 Å². The molecule has 1 N–H and O–H groups in total. The van der Waals surface area contributed by atoms with Crippen LogP contribution in [0.15, 0.2) is 0 Å². The molecule has 0 amide bonds. The average Bonchev–Trinajstić information content (AvgIpc) is 1.37. The van der Waals surface area contributed by atoms with Gasteiger partial charge >= 0.3 is 0 Å². The zero-order chi connectivity index (χ0) is 3.41. The van der Waals surface area contributed by atoms with Crippen molar-refractivity contribution in [1.82, 2.24) is 0 Å². The van der Waals surface area contributed by atoms with Crippen LogP contribution < -0.4 is 0 Å². The van der Waals surface area contributed by atoms with Crippen molar-refractivity contribution in [3.05, 3.63) is 0 Å². The van der Waals surface area contributed by atoms with E-state index in [2.05, 4.69) is 0 Å². The third-order valence-corrected chi connectivity index (χ3v) is 0.254. The van der Waals surface area contributed by atoms with E-state index >= 15 is 0 Å². The highest BCUT2D eigenvalue weighted by atomic mass is 35.5. The van der Waals surface area contributed by atoms with Crippen LogP contribution in [0.25, 0.3) is 0 Å². The molecule has 0 radical (unpaired) electrons. The van der Waals surface area contributed by atoms with Gasteiger partial charge in [0.05, 0.1) is 6.61 Å². The molecule has 0 heterocycles. The minimum absolute atomic E-state index is 0. The van der Waals surface area contributed by atoms with Gasteiger partial charge in [0.2, 0.25) is 0 Å². The number of rotatable bonds is 1. The smallest absolute Gasteiger partial charge is 0.0566 e. The molecule has 3 heteroatoms. The van der Waals surface area contributed by atoms with Gasteiger partial charge in [-0.25, -0.2) is 0 Å². The van der Waals surface area contributed by atoms with Crippen LogP contribution in [0, 0.1) is 0 Å². The van der Waals surface area contributed by atoms with Crippen LogP contribution in [0.3, 0.4) is 0 Å². The first-order valence-corrected chi connectivity index (χ1v) is 1.62. The summed E-state index contributed by atoms with van der Waals surface area (Å²) in [5.74, 6) is 0.347. The Morgan fingerprint density at radius 3 is 1.80 bits per heavy atom. The van der Waals surface area contributed by atoms with E-state index in [0.29, 0.717) is 5.88 Å². The van der Waals surface area contributed by atoms with Crippen molar-refractivity contribution >= 4 is 11.6 Å². The van der Waals surface area contributed by atoms with E-state index in [9.17, 15) is 0 Å². The molecule has 1 nitrogen and oxygen atoms in total. The molecule has 0 aromatic heterocycles. The number of halogens is 2. The van der Waals surface area contributed by atoms with Gasteiger partial charge in [-0.05, 0) is 0 Å². The van der Waals surface area contributed by atoms with Crippen molar-refractivity contribution in [2.24, 2.45) is 0 Å². The monoisotopic (exact) mass is 100 g/mol. The van der Waals surface area contributed by atoms with E-state index in [4.69, 9.17) is 16.7 Å². The van der Waals surface area contributed by atoms with E-state index in [0.717, 1.165) is 0 Å². The molecule has 0 bridgehead atoms. The SMILES string of the molecule is F.OCCCl. The molecule has 0 saturated carbocycles. The van der Waals surface area contributed by atoms with Crippen molar-refractivity contribution in [2.75, 3.05) is 12.5 Å². The fourth-order valence-electron chi connectivity index (χ4n) is 0. The second-order valence-corrected chi connectivity index (χ2v) is 0.791. The summed E-state index contributed by atoms with van der Waals surface area (Å²) in [6.07, 6.45) is 0. The molecule has 0 unspecified atom stereocenters. The molecule has 0 spiro atoms. The topological polar surface area (TPSA) is 20.2 Å². The second-order valence-electron chi connectivity index (χ2n) is 0.413. The maximum atomic E-state index is 7.74. The molecule has 0 rings (SSSR count). The standard InChI is InChI=1S/C2H5ClO.FH/c3-1-2-4;/h4H,1-2H2;1H.